The van der Waals surface area contributed by atoms with Gasteiger partial charge in [-0.25, -0.2) is 0 Å². The minimum atomic E-state index is 0.743. The van der Waals surface area contributed by atoms with E-state index in [0.717, 1.165) is 27.1 Å². The number of nitrogens with zero attached hydrogens (tertiary/aromatic N) is 1. The summed E-state index contributed by atoms with van der Waals surface area (Å²) in [4.78, 5) is 4.38. The Balaban J connectivity index is 2.80. The fourth-order valence-electron chi connectivity index (χ4n) is 1.57. The third-order valence-corrected chi connectivity index (χ3v) is 2.83. The molecule has 0 aliphatic rings. The smallest absolute Gasteiger partial charge is 0.0720 e. The molecule has 2 rings (SSSR count). The van der Waals surface area contributed by atoms with Gasteiger partial charge in [-0.1, -0.05) is 30.3 Å². The van der Waals surface area contributed by atoms with Gasteiger partial charge in [0, 0.05) is 17.1 Å². The Kier molecular flexibility index (Phi) is 2.49. The van der Waals surface area contributed by atoms with Crippen LogP contribution in [0.15, 0.2) is 31.0 Å². The summed E-state index contributed by atoms with van der Waals surface area (Å²) in [5.74, 6) is 0. The lowest BCUT2D eigenvalue weighted by molar-refractivity contribution is 1.36. The Morgan fingerprint density at radius 2 is 2.13 bits per heavy atom. The van der Waals surface area contributed by atoms with Crippen LogP contribution in [0.4, 0.5) is 0 Å². The molecule has 0 saturated carbocycles. The number of hydrogen-bond donors (Lipinski definition) is 0. The fraction of sp³-hybridized carbons (Fsp3) is 0.154. The molecular formula is C13H12ClN. The van der Waals surface area contributed by atoms with Gasteiger partial charge in [-0.15, -0.1) is 0 Å². The van der Waals surface area contributed by atoms with E-state index in [1.807, 2.05) is 32.0 Å². The first-order valence-electron chi connectivity index (χ1n) is 4.80. The third-order valence-electron chi connectivity index (χ3n) is 2.42. The summed E-state index contributed by atoms with van der Waals surface area (Å²) < 4.78 is 0. The molecular weight excluding hydrogens is 206 g/mol. The zero-order valence-corrected chi connectivity index (χ0v) is 9.60. The minimum Gasteiger partial charge on any atom is -0.256 e. The van der Waals surface area contributed by atoms with Gasteiger partial charge in [0.1, 0.15) is 0 Å². The first-order chi connectivity index (χ1) is 7.09. The van der Waals surface area contributed by atoms with E-state index in [-0.39, 0.29) is 0 Å². The van der Waals surface area contributed by atoms with Crippen molar-refractivity contribution >= 4 is 28.1 Å². The molecule has 2 aromatic rings. The molecule has 1 aromatic carbocycles. The summed E-state index contributed by atoms with van der Waals surface area (Å²) in [6, 6.07) is 6.08. The van der Waals surface area contributed by atoms with E-state index in [0.29, 0.717) is 0 Å². The maximum Gasteiger partial charge on any atom is 0.0720 e. The highest BCUT2D eigenvalue weighted by atomic mass is 35.5. The molecule has 0 aliphatic heterocycles. The highest BCUT2D eigenvalue weighted by Crippen LogP contribution is 2.29. The molecule has 76 valence electrons. The maximum atomic E-state index is 6.29. The van der Waals surface area contributed by atoms with Gasteiger partial charge >= 0.3 is 0 Å². The molecule has 1 heterocycles. The number of aryl methyl sites for hydroxylation is 1. The van der Waals surface area contributed by atoms with Crippen LogP contribution in [0.3, 0.4) is 0 Å². The predicted molar refractivity (Wildman–Crippen MR) is 66.2 cm³/mol. The molecule has 2 heteroatoms. The van der Waals surface area contributed by atoms with Gasteiger partial charge in [0.05, 0.1) is 10.5 Å². The summed E-state index contributed by atoms with van der Waals surface area (Å²) in [5.41, 5.74) is 3.99. The standard InChI is InChI=1S/C13H12ClN/c1-8(2)11-7-15-12-6-9(3)4-5-10(12)13(11)14/h4-7H,1H2,2-3H3. The number of rotatable bonds is 1. The van der Waals surface area contributed by atoms with Gasteiger partial charge in [-0.2, -0.15) is 0 Å². The average molecular weight is 218 g/mol. The Bertz CT molecular complexity index is 543. The Hall–Kier alpha value is -1.34. The summed E-state index contributed by atoms with van der Waals surface area (Å²) >= 11 is 6.29. The molecule has 0 amide bonds. The number of fused-ring (bicyclic) bond motifs is 1. The molecule has 15 heavy (non-hydrogen) atoms. The van der Waals surface area contributed by atoms with Crippen LogP contribution in [0.2, 0.25) is 5.02 Å². The van der Waals surface area contributed by atoms with Crippen molar-refractivity contribution in [3.8, 4) is 0 Å². The van der Waals surface area contributed by atoms with Crippen molar-refractivity contribution in [2.24, 2.45) is 0 Å². The van der Waals surface area contributed by atoms with Gasteiger partial charge in [0.2, 0.25) is 0 Å². The topological polar surface area (TPSA) is 12.9 Å². The van der Waals surface area contributed by atoms with Gasteiger partial charge in [-0.3, -0.25) is 4.98 Å². The zero-order valence-electron chi connectivity index (χ0n) is 8.84. The fourth-order valence-corrected chi connectivity index (χ4v) is 1.94. The van der Waals surface area contributed by atoms with Crippen LogP contribution in [0.25, 0.3) is 16.5 Å². The van der Waals surface area contributed by atoms with Gasteiger partial charge < -0.3 is 0 Å². The van der Waals surface area contributed by atoms with Crippen LogP contribution in [0.5, 0.6) is 0 Å². The first kappa shape index (κ1) is 10.2. The second-order valence-corrected chi connectivity index (χ2v) is 4.16. The summed E-state index contributed by atoms with van der Waals surface area (Å²) in [5, 5.41) is 1.73. The van der Waals surface area contributed by atoms with Crippen molar-refractivity contribution < 1.29 is 0 Å². The molecule has 0 N–H and O–H groups in total. The van der Waals surface area contributed by atoms with Crippen LogP contribution < -0.4 is 0 Å². The summed E-state index contributed by atoms with van der Waals surface area (Å²) in [6.45, 7) is 7.86. The maximum absolute atomic E-state index is 6.29. The Morgan fingerprint density at radius 3 is 2.80 bits per heavy atom. The van der Waals surface area contributed by atoms with E-state index in [4.69, 9.17) is 11.6 Å². The quantitative estimate of drug-likeness (QED) is 0.697. The molecule has 0 unspecified atom stereocenters. The molecule has 0 atom stereocenters. The molecule has 0 fully saturated rings. The number of hydrogen-bond acceptors (Lipinski definition) is 1. The van der Waals surface area contributed by atoms with E-state index in [1.165, 1.54) is 5.56 Å². The second-order valence-electron chi connectivity index (χ2n) is 3.79. The van der Waals surface area contributed by atoms with Crippen LogP contribution in [0, 0.1) is 6.92 Å². The number of pyridine rings is 1. The normalized spacial score (nSPS) is 10.6. The van der Waals surface area contributed by atoms with Gasteiger partial charge in [-0.05, 0) is 31.1 Å². The zero-order chi connectivity index (χ0) is 11.0. The lowest BCUT2D eigenvalue weighted by Crippen LogP contribution is -1.87. The largest absolute Gasteiger partial charge is 0.256 e. The molecule has 0 spiro atoms. The summed E-state index contributed by atoms with van der Waals surface area (Å²) in [7, 11) is 0. The van der Waals surface area contributed by atoms with Crippen LogP contribution in [-0.4, -0.2) is 4.98 Å². The van der Waals surface area contributed by atoms with Crippen LogP contribution in [0.1, 0.15) is 18.1 Å². The highest BCUT2D eigenvalue weighted by molar-refractivity contribution is 6.37. The molecule has 0 aliphatic carbocycles. The average Bonchev–Trinajstić information content (AvgIpc) is 2.17. The number of aromatic nitrogens is 1. The lowest BCUT2D eigenvalue weighted by Gasteiger charge is -2.06. The van der Waals surface area contributed by atoms with Gasteiger partial charge in [0.25, 0.3) is 0 Å². The first-order valence-corrected chi connectivity index (χ1v) is 5.18. The van der Waals surface area contributed by atoms with Crippen molar-refractivity contribution in [3.05, 3.63) is 47.1 Å². The summed E-state index contributed by atoms with van der Waals surface area (Å²) in [6.07, 6.45) is 1.78. The predicted octanol–water partition coefficient (Wildman–Crippen LogP) is 4.23. The van der Waals surface area contributed by atoms with Crippen LogP contribution in [-0.2, 0) is 0 Å². The molecule has 0 bridgehead atoms. The van der Waals surface area contributed by atoms with E-state index < -0.39 is 0 Å². The molecule has 1 aromatic heterocycles. The number of allylic oxidation sites excluding steroid dienone is 1. The third kappa shape index (κ3) is 1.75. The molecule has 1 nitrogen and oxygen atoms in total. The number of benzene rings is 1. The molecule has 0 saturated heterocycles. The minimum absolute atomic E-state index is 0.743. The lowest BCUT2D eigenvalue weighted by atomic mass is 10.1. The Labute approximate surface area is 94.4 Å². The van der Waals surface area contributed by atoms with E-state index in [1.54, 1.807) is 6.20 Å². The second kappa shape index (κ2) is 3.67. The molecule has 0 radical (unpaired) electrons. The van der Waals surface area contributed by atoms with Crippen molar-refractivity contribution in [1.82, 2.24) is 4.98 Å². The van der Waals surface area contributed by atoms with Crippen molar-refractivity contribution in [2.45, 2.75) is 13.8 Å². The highest BCUT2D eigenvalue weighted by Gasteiger charge is 2.06. The Morgan fingerprint density at radius 1 is 1.40 bits per heavy atom. The SMILES string of the molecule is C=C(C)c1cnc2cc(C)ccc2c1Cl. The van der Waals surface area contributed by atoms with Gasteiger partial charge in [0.15, 0.2) is 0 Å². The number of halogens is 1. The van der Waals surface area contributed by atoms with Crippen molar-refractivity contribution in [2.75, 3.05) is 0 Å². The van der Waals surface area contributed by atoms with Crippen LogP contribution >= 0.6 is 11.6 Å². The van der Waals surface area contributed by atoms with E-state index >= 15 is 0 Å². The van der Waals surface area contributed by atoms with E-state index in [2.05, 4.69) is 11.6 Å². The van der Waals surface area contributed by atoms with Crippen molar-refractivity contribution in [1.29, 1.82) is 0 Å². The monoisotopic (exact) mass is 217 g/mol. The van der Waals surface area contributed by atoms with E-state index in [9.17, 15) is 0 Å². The van der Waals surface area contributed by atoms with Crippen molar-refractivity contribution in [3.63, 3.8) is 0 Å².